The van der Waals surface area contributed by atoms with E-state index in [0.717, 1.165) is 15.4 Å². The van der Waals surface area contributed by atoms with Crippen LogP contribution in [0.5, 0.6) is 5.75 Å². The summed E-state index contributed by atoms with van der Waals surface area (Å²) < 4.78 is 33.4. The van der Waals surface area contributed by atoms with Crippen LogP contribution in [0.3, 0.4) is 0 Å². The van der Waals surface area contributed by atoms with E-state index in [-0.39, 0.29) is 10.6 Å². The average Bonchev–Trinajstić information content (AvgIpc) is 2.78. The first-order valence-electron chi connectivity index (χ1n) is 9.78. The Morgan fingerprint density at radius 3 is 2.47 bits per heavy atom. The smallest absolute Gasteiger partial charge is 0.264 e. The molecule has 0 unspecified atom stereocenters. The average molecular weight is 453 g/mol. The van der Waals surface area contributed by atoms with Crippen molar-refractivity contribution in [3.8, 4) is 5.75 Å². The van der Waals surface area contributed by atoms with Crippen molar-refractivity contribution in [1.82, 2.24) is 10.4 Å². The number of aromatic nitrogens is 1. The number of hydrazone groups is 1. The number of amides is 1. The molecule has 32 heavy (non-hydrogen) atoms. The minimum absolute atomic E-state index is 0.0662. The van der Waals surface area contributed by atoms with Gasteiger partial charge in [0.15, 0.2) is 0 Å². The second kappa shape index (κ2) is 10.1. The third kappa shape index (κ3) is 5.50. The van der Waals surface area contributed by atoms with Gasteiger partial charge in [-0.2, -0.15) is 5.10 Å². The molecule has 166 valence electrons. The van der Waals surface area contributed by atoms with Crippen LogP contribution in [-0.2, 0) is 14.8 Å². The zero-order valence-corrected chi connectivity index (χ0v) is 18.8. The van der Waals surface area contributed by atoms with Crippen LogP contribution in [0.4, 0.5) is 5.69 Å². The number of aryl methyl sites for hydroxylation is 2. The SMILES string of the molecule is COc1ccc(C)cc1N(CC(=O)N/N=C\c1ccccn1)S(=O)(=O)c1ccc(C)cc1. The van der Waals surface area contributed by atoms with Crippen molar-refractivity contribution in [2.45, 2.75) is 18.7 Å². The van der Waals surface area contributed by atoms with Gasteiger partial charge in [0.05, 0.1) is 29.6 Å². The summed E-state index contributed by atoms with van der Waals surface area (Å²) in [5, 5.41) is 3.88. The highest BCUT2D eigenvalue weighted by atomic mass is 32.2. The van der Waals surface area contributed by atoms with Crippen LogP contribution in [0.25, 0.3) is 0 Å². The zero-order valence-electron chi connectivity index (χ0n) is 18.0. The summed E-state index contributed by atoms with van der Waals surface area (Å²) in [6.45, 7) is 3.21. The summed E-state index contributed by atoms with van der Waals surface area (Å²) in [7, 11) is -2.62. The fraction of sp³-hybridized carbons (Fsp3) is 0.174. The number of carbonyl (C=O) groups is 1. The molecule has 1 aromatic heterocycles. The first-order chi connectivity index (χ1) is 15.3. The van der Waals surface area contributed by atoms with E-state index in [2.05, 4.69) is 15.5 Å². The second-order valence-corrected chi connectivity index (χ2v) is 8.91. The van der Waals surface area contributed by atoms with E-state index in [1.807, 2.05) is 13.8 Å². The molecule has 2 aromatic carbocycles. The predicted molar refractivity (Wildman–Crippen MR) is 123 cm³/mol. The molecule has 0 aliphatic rings. The van der Waals surface area contributed by atoms with Crippen molar-refractivity contribution >= 4 is 27.8 Å². The highest BCUT2D eigenvalue weighted by molar-refractivity contribution is 7.92. The van der Waals surface area contributed by atoms with Gasteiger partial charge in [0.25, 0.3) is 15.9 Å². The largest absolute Gasteiger partial charge is 0.495 e. The molecule has 0 atom stereocenters. The Bertz CT molecular complexity index is 1210. The Kier molecular flexibility index (Phi) is 7.21. The van der Waals surface area contributed by atoms with E-state index in [4.69, 9.17) is 4.74 Å². The number of ether oxygens (including phenoxy) is 1. The lowest BCUT2D eigenvalue weighted by molar-refractivity contribution is -0.119. The number of nitrogens with one attached hydrogen (secondary N) is 1. The summed E-state index contributed by atoms with van der Waals surface area (Å²) in [6.07, 6.45) is 2.98. The highest BCUT2D eigenvalue weighted by Gasteiger charge is 2.29. The monoisotopic (exact) mass is 452 g/mol. The molecule has 3 rings (SSSR count). The van der Waals surface area contributed by atoms with E-state index in [0.29, 0.717) is 11.4 Å². The molecule has 3 aromatic rings. The van der Waals surface area contributed by atoms with Gasteiger partial charge in [-0.15, -0.1) is 0 Å². The normalized spacial score (nSPS) is 11.3. The molecule has 0 saturated carbocycles. The van der Waals surface area contributed by atoms with Crippen molar-refractivity contribution in [3.63, 3.8) is 0 Å². The van der Waals surface area contributed by atoms with Crippen LogP contribution >= 0.6 is 0 Å². The summed E-state index contributed by atoms with van der Waals surface area (Å²) >= 11 is 0. The van der Waals surface area contributed by atoms with Crippen LogP contribution in [0.1, 0.15) is 16.8 Å². The standard InChI is InChI=1S/C23H24N4O4S/c1-17-7-10-20(11-8-17)32(29,30)27(21-14-18(2)9-12-22(21)31-3)16-23(28)26-25-15-19-6-4-5-13-24-19/h4-15H,16H2,1-3H3,(H,26,28)/b25-15-. The molecule has 9 heteroatoms. The summed E-state index contributed by atoms with van der Waals surface area (Å²) in [5.41, 5.74) is 4.91. The molecule has 0 aliphatic heterocycles. The van der Waals surface area contributed by atoms with Gasteiger partial charge in [-0.3, -0.25) is 14.1 Å². The first-order valence-corrected chi connectivity index (χ1v) is 11.2. The molecule has 0 spiro atoms. The second-order valence-electron chi connectivity index (χ2n) is 7.05. The lowest BCUT2D eigenvalue weighted by Crippen LogP contribution is -2.39. The predicted octanol–water partition coefficient (Wildman–Crippen LogP) is 3.05. The molecule has 0 saturated heterocycles. The molecule has 8 nitrogen and oxygen atoms in total. The van der Waals surface area contributed by atoms with Crippen LogP contribution in [-0.4, -0.2) is 39.2 Å². The molecular weight excluding hydrogens is 428 g/mol. The Morgan fingerprint density at radius 1 is 1.09 bits per heavy atom. The van der Waals surface area contributed by atoms with E-state index < -0.39 is 22.5 Å². The van der Waals surface area contributed by atoms with Crippen molar-refractivity contribution in [1.29, 1.82) is 0 Å². The Morgan fingerprint density at radius 2 is 1.81 bits per heavy atom. The maximum Gasteiger partial charge on any atom is 0.264 e. The van der Waals surface area contributed by atoms with Gasteiger partial charge in [0.2, 0.25) is 0 Å². The number of pyridine rings is 1. The van der Waals surface area contributed by atoms with Gasteiger partial charge < -0.3 is 4.74 Å². The molecule has 0 radical (unpaired) electrons. The molecular formula is C23H24N4O4S. The number of sulfonamides is 1. The van der Waals surface area contributed by atoms with E-state index in [1.54, 1.807) is 54.7 Å². The summed E-state index contributed by atoms with van der Waals surface area (Å²) in [6, 6.07) is 16.8. The Hall–Kier alpha value is -3.72. The maximum absolute atomic E-state index is 13.5. The minimum Gasteiger partial charge on any atom is -0.495 e. The topological polar surface area (TPSA) is 101 Å². The van der Waals surface area contributed by atoms with Crippen molar-refractivity contribution in [2.75, 3.05) is 18.0 Å². The van der Waals surface area contributed by atoms with Crippen molar-refractivity contribution < 1.29 is 17.9 Å². The molecule has 1 N–H and O–H groups in total. The molecule has 1 heterocycles. The van der Waals surface area contributed by atoms with Gasteiger partial charge in [0, 0.05) is 6.20 Å². The fourth-order valence-electron chi connectivity index (χ4n) is 2.92. The van der Waals surface area contributed by atoms with Crippen LogP contribution in [0, 0.1) is 13.8 Å². The fourth-order valence-corrected chi connectivity index (χ4v) is 4.34. The number of hydrogen-bond donors (Lipinski definition) is 1. The number of benzene rings is 2. The van der Waals surface area contributed by atoms with Crippen LogP contribution < -0.4 is 14.5 Å². The Balaban J connectivity index is 1.94. The van der Waals surface area contributed by atoms with Gasteiger partial charge in [-0.1, -0.05) is 29.8 Å². The molecule has 0 aliphatic carbocycles. The van der Waals surface area contributed by atoms with Crippen molar-refractivity contribution in [3.05, 3.63) is 83.7 Å². The van der Waals surface area contributed by atoms with Gasteiger partial charge in [-0.05, 0) is 55.8 Å². The Labute approximate surface area is 187 Å². The summed E-state index contributed by atoms with van der Waals surface area (Å²) in [5.74, 6) is -0.285. The third-order valence-electron chi connectivity index (χ3n) is 4.57. The number of anilines is 1. The maximum atomic E-state index is 13.5. The number of methoxy groups -OCH3 is 1. The van der Waals surface area contributed by atoms with Gasteiger partial charge in [0.1, 0.15) is 12.3 Å². The minimum atomic E-state index is -4.06. The number of rotatable bonds is 8. The zero-order chi connectivity index (χ0) is 23.1. The molecule has 0 fully saturated rings. The number of hydrogen-bond acceptors (Lipinski definition) is 6. The highest BCUT2D eigenvalue weighted by Crippen LogP contribution is 2.33. The lowest BCUT2D eigenvalue weighted by atomic mass is 10.2. The van der Waals surface area contributed by atoms with E-state index >= 15 is 0 Å². The van der Waals surface area contributed by atoms with Crippen molar-refractivity contribution in [2.24, 2.45) is 5.10 Å². The van der Waals surface area contributed by atoms with Gasteiger partial charge >= 0.3 is 0 Å². The first kappa shape index (κ1) is 23.0. The molecule has 1 amide bonds. The van der Waals surface area contributed by atoms with E-state index in [1.165, 1.54) is 25.5 Å². The van der Waals surface area contributed by atoms with Gasteiger partial charge in [-0.25, -0.2) is 13.8 Å². The van der Waals surface area contributed by atoms with E-state index in [9.17, 15) is 13.2 Å². The van der Waals surface area contributed by atoms with Crippen LogP contribution in [0.15, 0.2) is 76.9 Å². The van der Waals surface area contributed by atoms with Crippen LogP contribution in [0.2, 0.25) is 0 Å². The number of nitrogens with zero attached hydrogens (tertiary/aromatic N) is 3. The quantitative estimate of drug-likeness (QED) is 0.418. The third-order valence-corrected chi connectivity index (χ3v) is 6.35. The molecule has 0 bridgehead atoms. The summed E-state index contributed by atoms with van der Waals surface area (Å²) in [4.78, 5) is 16.8. The lowest BCUT2D eigenvalue weighted by Gasteiger charge is -2.25. The number of carbonyl (C=O) groups excluding carboxylic acids is 1.